The van der Waals surface area contributed by atoms with Gasteiger partial charge in [-0.2, -0.15) is 5.26 Å². The predicted octanol–water partition coefficient (Wildman–Crippen LogP) is 3.96. The first-order valence-electron chi connectivity index (χ1n) is 8.36. The number of pyridine rings is 1. The molecule has 8 nitrogen and oxygen atoms in total. The molecular weight excluding hydrogens is 392 g/mol. The fraction of sp³-hybridized carbons (Fsp3) is 0.0500. The van der Waals surface area contributed by atoms with Gasteiger partial charge in [-0.25, -0.2) is 4.98 Å². The molecule has 1 N–H and O–H groups in total. The van der Waals surface area contributed by atoms with E-state index in [1.807, 2.05) is 6.07 Å². The summed E-state index contributed by atoms with van der Waals surface area (Å²) in [4.78, 5) is 27.7. The topological polar surface area (TPSA) is 122 Å². The van der Waals surface area contributed by atoms with Crippen molar-refractivity contribution in [1.29, 1.82) is 5.26 Å². The fourth-order valence-electron chi connectivity index (χ4n) is 2.36. The summed E-state index contributed by atoms with van der Waals surface area (Å²) in [5.74, 6) is -0.0549. The summed E-state index contributed by atoms with van der Waals surface area (Å²) < 4.78 is 5.12. The van der Waals surface area contributed by atoms with Gasteiger partial charge in [-0.15, -0.1) is 0 Å². The Bertz CT molecular complexity index is 1090. The molecule has 9 heteroatoms. The van der Waals surface area contributed by atoms with Crippen molar-refractivity contribution in [3.8, 4) is 6.07 Å². The number of rotatable bonds is 7. The van der Waals surface area contributed by atoms with E-state index in [4.69, 9.17) is 4.42 Å². The third kappa shape index (κ3) is 5.31. The van der Waals surface area contributed by atoms with Crippen LogP contribution in [0.15, 0.2) is 80.9 Å². The Kier molecular flexibility index (Phi) is 6.40. The average Bonchev–Trinajstić information content (AvgIpc) is 3.25. The van der Waals surface area contributed by atoms with Gasteiger partial charge in [0.05, 0.1) is 22.6 Å². The standard InChI is InChI=1S/C20H14N4O4S/c21-12-15(20(25)23-13-16-4-3-9-28-16)10-14-6-7-18(17(11-14)24(26)27)29-19-5-1-2-8-22-19/h1-11H,13H2,(H,23,25)/b15-10+. The Morgan fingerprint density at radius 1 is 1.31 bits per heavy atom. The van der Waals surface area contributed by atoms with Gasteiger partial charge in [0.25, 0.3) is 11.6 Å². The van der Waals surface area contributed by atoms with Crippen molar-refractivity contribution in [2.24, 2.45) is 0 Å². The molecule has 0 radical (unpaired) electrons. The average molecular weight is 406 g/mol. The lowest BCUT2D eigenvalue weighted by atomic mass is 10.1. The highest BCUT2D eigenvalue weighted by Crippen LogP contribution is 2.34. The van der Waals surface area contributed by atoms with E-state index < -0.39 is 10.8 Å². The lowest BCUT2D eigenvalue weighted by Gasteiger charge is -2.05. The molecule has 0 unspecified atom stereocenters. The number of nitro groups is 1. The first-order valence-corrected chi connectivity index (χ1v) is 9.18. The van der Waals surface area contributed by atoms with Crippen LogP contribution in [0.5, 0.6) is 0 Å². The molecule has 0 saturated carbocycles. The smallest absolute Gasteiger partial charge is 0.283 e. The lowest BCUT2D eigenvalue weighted by Crippen LogP contribution is -2.23. The van der Waals surface area contributed by atoms with Gasteiger partial charge in [0, 0.05) is 12.3 Å². The van der Waals surface area contributed by atoms with Gasteiger partial charge in [0.15, 0.2) is 0 Å². The van der Waals surface area contributed by atoms with Crippen molar-refractivity contribution in [2.45, 2.75) is 16.5 Å². The lowest BCUT2D eigenvalue weighted by molar-refractivity contribution is -0.387. The molecule has 0 spiro atoms. The molecule has 0 saturated heterocycles. The van der Waals surface area contributed by atoms with Crippen LogP contribution >= 0.6 is 11.8 Å². The number of nitrogens with one attached hydrogen (secondary N) is 1. The third-order valence-corrected chi connectivity index (χ3v) is 4.73. The highest BCUT2D eigenvalue weighted by Gasteiger charge is 2.17. The Morgan fingerprint density at radius 3 is 2.83 bits per heavy atom. The van der Waals surface area contributed by atoms with Crippen LogP contribution in [0.25, 0.3) is 6.08 Å². The van der Waals surface area contributed by atoms with Gasteiger partial charge in [0.2, 0.25) is 0 Å². The molecule has 2 aromatic heterocycles. The number of furan rings is 1. The van der Waals surface area contributed by atoms with Crippen molar-refractivity contribution in [1.82, 2.24) is 10.3 Å². The molecule has 1 amide bonds. The number of carbonyl (C=O) groups is 1. The van der Waals surface area contributed by atoms with Gasteiger partial charge in [0.1, 0.15) is 22.4 Å². The van der Waals surface area contributed by atoms with E-state index in [-0.39, 0.29) is 17.8 Å². The first-order chi connectivity index (χ1) is 14.1. The Labute approximate surface area is 170 Å². The van der Waals surface area contributed by atoms with Gasteiger partial charge < -0.3 is 9.73 Å². The zero-order valence-electron chi connectivity index (χ0n) is 14.9. The Hall–Kier alpha value is -3.90. The van der Waals surface area contributed by atoms with Gasteiger partial charge in [-0.3, -0.25) is 14.9 Å². The summed E-state index contributed by atoms with van der Waals surface area (Å²) in [5, 5.41) is 24.0. The van der Waals surface area contributed by atoms with Gasteiger partial charge in [-0.05, 0) is 42.0 Å². The number of nitro benzene ring substituents is 1. The Balaban J connectivity index is 1.81. The van der Waals surface area contributed by atoms with Crippen molar-refractivity contribution in [3.63, 3.8) is 0 Å². The molecule has 3 aromatic rings. The van der Waals surface area contributed by atoms with Crippen LogP contribution in [0.2, 0.25) is 0 Å². The van der Waals surface area contributed by atoms with Crippen LogP contribution in [-0.2, 0) is 11.3 Å². The molecule has 0 aliphatic carbocycles. The van der Waals surface area contributed by atoms with Crippen LogP contribution in [-0.4, -0.2) is 15.8 Å². The number of nitriles is 1. The van der Waals surface area contributed by atoms with Crippen LogP contribution in [0, 0.1) is 21.4 Å². The van der Waals surface area contributed by atoms with E-state index in [2.05, 4.69) is 10.3 Å². The predicted molar refractivity (Wildman–Crippen MR) is 106 cm³/mol. The van der Waals surface area contributed by atoms with E-state index in [0.717, 1.165) is 11.8 Å². The molecule has 2 heterocycles. The minimum absolute atomic E-state index is 0.130. The number of hydrogen-bond acceptors (Lipinski definition) is 7. The second-order valence-corrected chi connectivity index (χ2v) is 6.75. The highest BCUT2D eigenvalue weighted by molar-refractivity contribution is 7.99. The summed E-state index contributed by atoms with van der Waals surface area (Å²) in [6.45, 7) is 0.130. The largest absolute Gasteiger partial charge is 0.467 e. The molecule has 1 aromatic carbocycles. The number of aromatic nitrogens is 1. The van der Waals surface area contributed by atoms with Crippen molar-refractivity contribution in [2.75, 3.05) is 0 Å². The maximum atomic E-state index is 12.2. The molecule has 3 rings (SSSR count). The fourth-order valence-corrected chi connectivity index (χ4v) is 3.22. The normalized spacial score (nSPS) is 10.9. The molecule has 0 fully saturated rings. The molecular formula is C20H14N4O4S. The number of carbonyl (C=O) groups excluding carboxylic acids is 1. The summed E-state index contributed by atoms with van der Waals surface area (Å²) in [7, 11) is 0. The summed E-state index contributed by atoms with van der Waals surface area (Å²) in [6, 6.07) is 15.0. The van der Waals surface area contributed by atoms with Gasteiger partial charge >= 0.3 is 0 Å². The van der Waals surface area contributed by atoms with Crippen LogP contribution in [0.4, 0.5) is 5.69 Å². The second kappa shape index (κ2) is 9.34. The van der Waals surface area contributed by atoms with Crippen LogP contribution in [0.3, 0.4) is 0 Å². The third-order valence-electron chi connectivity index (χ3n) is 3.71. The SMILES string of the molecule is N#C/C(=C\c1ccc(Sc2ccccn2)c([N+](=O)[O-])c1)C(=O)NCc1ccco1. The minimum atomic E-state index is -0.599. The van der Waals surface area contributed by atoms with Crippen molar-refractivity contribution in [3.05, 3.63) is 88.0 Å². The van der Waals surface area contributed by atoms with E-state index in [0.29, 0.717) is 21.2 Å². The van der Waals surface area contributed by atoms with Crippen molar-refractivity contribution >= 4 is 29.4 Å². The number of hydrogen-bond donors (Lipinski definition) is 1. The van der Waals surface area contributed by atoms with E-state index in [1.165, 1.54) is 18.4 Å². The monoisotopic (exact) mass is 406 g/mol. The second-order valence-electron chi connectivity index (χ2n) is 5.69. The molecule has 0 atom stereocenters. The molecule has 29 heavy (non-hydrogen) atoms. The van der Waals surface area contributed by atoms with E-state index in [9.17, 15) is 20.2 Å². The minimum Gasteiger partial charge on any atom is -0.467 e. The number of amides is 1. The zero-order valence-corrected chi connectivity index (χ0v) is 15.8. The molecule has 0 aliphatic rings. The maximum absolute atomic E-state index is 12.2. The van der Waals surface area contributed by atoms with Gasteiger partial charge in [-0.1, -0.05) is 23.9 Å². The summed E-state index contributed by atoms with van der Waals surface area (Å²) >= 11 is 1.16. The number of nitrogens with zero attached hydrogens (tertiary/aromatic N) is 3. The van der Waals surface area contributed by atoms with E-state index >= 15 is 0 Å². The molecule has 0 aliphatic heterocycles. The van der Waals surface area contributed by atoms with E-state index in [1.54, 1.807) is 48.7 Å². The quantitative estimate of drug-likeness (QED) is 0.273. The summed E-state index contributed by atoms with van der Waals surface area (Å²) in [6.07, 6.45) is 4.39. The molecule has 144 valence electrons. The maximum Gasteiger partial charge on any atom is 0.283 e. The Morgan fingerprint density at radius 2 is 2.17 bits per heavy atom. The van der Waals surface area contributed by atoms with Crippen LogP contribution < -0.4 is 5.32 Å². The van der Waals surface area contributed by atoms with Crippen molar-refractivity contribution < 1.29 is 14.1 Å². The summed E-state index contributed by atoms with van der Waals surface area (Å²) in [5.41, 5.74) is 0.0606. The first kappa shape index (κ1) is 19.9. The molecule has 0 bridgehead atoms. The zero-order chi connectivity index (χ0) is 20.6. The number of benzene rings is 1. The highest BCUT2D eigenvalue weighted by atomic mass is 32.2. The van der Waals surface area contributed by atoms with Crippen LogP contribution in [0.1, 0.15) is 11.3 Å².